The summed E-state index contributed by atoms with van der Waals surface area (Å²) >= 11 is 0. The smallest absolute Gasteiger partial charge is 0.330 e. The summed E-state index contributed by atoms with van der Waals surface area (Å²) in [5.74, 6) is 0.694. The average Bonchev–Trinajstić information content (AvgIpc) is 2.92. The van der Waals surface area contributed by atoms with Crippen molar-refractivity contribution in [3.8, 4) is 0 Å². The minimum absolute atomic E-state index is 0.334. The first-order chi connectivity index (χ1) is 10.7. The molecule has 0 unspecified atom stereocenters. The van der Waals surface area contributed by atoms with E-state index in [0.717, 1.165) is 26.2 Å². The molecule has 2 aromatic heterocycles. The highest BCUT2D eigenvalue weighted by Crippen LogP contribution is 2.08. The number of imidazole rings is 1. The van der Waals surface area contributed by atoms with Crippen LogP contribution in [0.3, 0.4) is 0 Å². The summed E-state index contributed by atoms with van der Waals surface area (Å²) < 4.78 is 6.43. The van der Waals surface area contributed by atoms with Crippen LogP contribution in [0, 0.1) is 0 Å². The first-order valence-electron chi connectivity index (χ1n) is 7.33. The average molecular weight is 308 g/mol. The fourth-order valence-electron chi connectivity index (χ4n) is 2.63. The quantitative estimate of drug-likeness (QED) is 0.618. The van der Waals surface area contributed by atoms with E-state index in [1.54, 1.807) is 7.11 Å². The molecule has 9 heteroatoms. The van der Waals surface area contributed by atoms with Gasteiger partial charge in [-0.25, -0.2) is 9.78 Å². The van der Waals surface area contributed by atoms with Gasteiger partial charge < -0.3 is 15.0 Å². The molecule has 0 radical (unpaired) electrons. The van der Waals surface area contributed by atoms with E-state index in [2.05, 4.69) is 25.2 Å². The number of hydrogen-bond donors (Lipinski definition) is 3. The Hall–Kier alpha value is -1.97. The molecule has 3 rings (SSSR count). The van der Waals surface area contributed by atoms with E-state index in [4.69, 9.17) is 4.74 Å². The number of hydrogen-bond acceptors (Lipinski definition) is 6. The van der Waals surface area contributed by atoms with Crippen LogP contribution in [-0.2, 0) is 17.8 Å². The third-order valence-electron chi connectivity index (χ3n) is 3.78. The van der Waals surface area contributed by atoms with Crippen LogP contribution in [0.4, 0.5) is 0 Å². The van der Waals surface area contributed by atoms with Crippen LogP contribution in [0.25, 0.3) is 11.2 Å². The number of ether oxygens (including phenoxy) is 1. The lowest BCUT2D eigenvalue weighted by Gasteiger charge is -2.26. The number of methoxy groups -OCH3 is 1. The van der Waals surface area contributed by atoms with Crippen LogP contribution in [0.2, 0.25) is 0 Å². The number of fused-ring (bicyclic) bond motifs is 1. The maximum absolute atomic E-state index is 11.9. The van der Waals surface area contributed by atoms with Gasteiger partial charge in [-0.2, -0.15) is 0 Å². The maximum atomic E-state index is 11.9. The fourth-order valence-corrected chi connectivity index (χ4v) is 2.63. The van der Waals surface area contributed by atoms with Gasteiger partial charge in [0.25, 0.3) is 5.56 Å². The third kappa shape index (κ3) is 2.96. The second-order valence-electron chi connectivity index (χ2n) is 5.31. The van der Waals surface area contributed by atoms with Crippen LogP contribution in [0.5, 0.6) is 0 Å². The zero-order chi connectivity index (χ0) is 15.5. The molecule has 2 aromatic rings. The molecule has 0 amide bonds. The van der Waals surface area contributed by atoms with Crippen molar-refractivity contribution < 1.29 is 4.74 Å². The second-order valence-corrected chi connectivity index (χ2v) is 5.31. The Kier molecular flexibility index (Phi) is 4.36. The molecule has 120 valence electrons. The summed E-state index contributed by atoms with van der Waals surface area (Å²) in [7, 11) is 1.56. The monoisotopic (exact) mass is 308 g/mol. The van der Waals surface area contributed by atoms with E-state index in [1.165, 1.54) is 4.57 Å². The van der Waals surface area contributed by atoms with Crippen molar-refractivity contribution in [3.05, 3.63) is 26.7 Å². The van der Waals surface area contributed by atoms with E-state index in [1.807, 2.05) is 0 Å². The molecular formula is C13H20N6O3. The minimum atomic E-state index is -0.463. The molecule has 3 N–H and O–H groups in total. The molecule has 1 aliphatic heterocycles. The van der Waals surface area contributed by atoms with Gasteiger partial charge in [-0.05, 0) is 0 Å². The van der Waals surface area contributed by atoms with Crippen LogP contribution < -0.4 is 16.6 Å². The van der Waals surface area contributed by atoms with E-state index in [9.17, 15) is 9.59 Å². The third-order valence-corrected chi connectivity index (χ3v) is 3.78. The van der Waals surface area contributed by atoms with Gasteiger partial charge >= 0.3 is 5.69 Å². The molecule has 0 aliphatic carbocycles. The van der Waals surface area contributed by atoms with Gasteiger partial charge in [0.1, 0.15) is 11.3 Å². The Labute approximate surface area is 126 Å². The van der Waals surface area contributed by atoms with Crippen LogP contribution in [0.15, 0.2) is 9.59 Å². The van der Waals surface area contributed by atoms with E-state index >= 15 is 0 Å². The Morgan fingerprint density at radius 2 is 2.00 bits per heavy atom. The van der Waals surface area contributed by atoms with Gasteiger partial charge in [-0.1, -0.05) is 0 Å². The lowest BCUT2D eigenvalue weighted by Crippen LogP contribution is -2.43. The molecule has 1 saturated heterocycles. The highest BCUT2D eigenvalue weighted by atomic mass is 16.5. The number of nitrogens with zero attached hydrogens (tertiary/aromatic N) is 3. The van der Waals surface area contributed by atoms with Crippen LogP contribution in [0.1, 0.15) is 5.82 Å². The Balaban J connectivity index is 1.95. The highest BCUT2D eigenvalue weighted by Gasteiger charge is 2.16. The number of piperazine rings is 1. The van der Waals surface area contributed by atoms with Gasteiger partial charge in [0.05, 0.1) is 19.7 Å². The predicted octanol–water partition coefficient (Wildman–Crippen LogP) is -1.54. The highest BCUT2D eigenvalue weighted by molar-refractivity contribution is 5.69. The summed E-state index contributed by atoms with van der Waals surface area (Å²) in [6.45, 7) is 5.11. The number of H-pyrrole nitrogens is 2. The predicted molar refractivity (Wildman–Crippen MR) is 81.0 cm³/mol. The Bertz CT molecular complexity index is 755. The largest absolute Gasteiger partial charge is 0.383 e. The number of aromatic amines is 2. The molecule has 1 fully saturated rings. The van der Waals surface area contributed by atoms with Crippen molar-refractivity contribution in [2.45, 2.75) is 13.1 Å². The summed E-state index contributed by atoms with van der Waals surface area (Å²) in [5.41, 5.74) is -0.181. The van der Waals surface area contributed by atoms with Crippen molar-refractivity contribution in [2.75, 3.05) is 39.9 Å². The molecule has 3 heterocycles. The van der Waals surface area contributed by atoms with Crippen molar-refractivity contribution in [1.82, 2.24) is 29.7 Å². The topological polar surface area (TPSA) is 108 Å². The lowest BCUT2D eigenvalue weighted by molar-refractivity contribution is 0.187. The fraction of sp³-hybridized carbons (Fsp3) is 0.615. The van der Waals surface area contributed by atoms with Gasteiger partial charge in [0.15, 0.2) is 5.65 Å². The molecule has 0 atom stereocenters. The maximum Gasteiger partial charge on any atom is 0.330 e. The zero-order valence-electron chi connectivity index (χ0n) is 12.5. The van der Waals surface area contributed by atoms with Gasteiger partial charge in [-0.15, -0.1) is 0 Å². The SMILES string of the molecule is COCCn1c(=O)[nH]c(=O)c2[nH]c(CN3CCNCC3)nc21. The Morgan fingerprint density at radius 1 is 1.23 bits per heavy atom. The number of aromatic nitrogens is 4. The molecule has 0 saturated carbocycles. The van der Waals surface area contributed by atoms with E-state index in [-0.39, 0.29) is 0 Å². The van der Waals surface area contributed by atoms with E-state index in [0.29, 0.717) is 36.7 Å². The van der Waals surface area contributed by atoms with Crippen molar-refractivity contribution in [2.24, 2.45) is 0 Å². The number of nitrogens with one attached hydrogen (secondary N) is 3. The number of rotatable bonds is 5. The first kappa shape index (κ1) is 14.9. The minimum Gasteiger partial charge on any atom is -0.383 e. The molecule has 0 bridgehead atoms. The van der Waals surface area contributed by atoms with E-state index < -0.39 is 11.2 Å². The van der Waals surface area contributed by atoms with Gasteiger partial charge in [0.2, 0.25) is 0 Å². The lowest BCUT2D eigenvalue weighted by atomic mass is 10.3. The molecule has 9 nitrogen and oxygen atoms in total. The van der Waals surface area contributed by atoms with Crippen molar-refractivity contribution >= 4 is 11.2 Å². The van der Waals surface area contributed by atoms with Gasteiger partial charge in [0, 0.05) is 33.3 Å². The normalized spacial score (nSPS) is 16.4. The molecule has 0 aromatic carbocycles. The Morgan fingerprint density at radius 3 is 2.73 bits per heavy atom. The van der Waals surface area contributed by atoms with Gasteiger partial charge in [-0.3, -0.25) is 19.2 Å². The molecular weight excluding hydrogens is 288 g/mol. The molecule has 0 spiro atoms. The van der Waals surface area contributed by atoms with Crippen molar-refractivity contribution in [1.29, 1.82) is 0 Å². The summed E-state index contributed by atoms with van der Waals surface area (Å²) in [6, 6.07) is 0. The van der Waals surface area contributed by atoms with Crippen LogP contribution >= 0.6 is 0 Å². The summed E-state index contributed by atoms with van der Waals surface area (Å²) in [4.78, 5) is 35.9. The zero-order valence-corrected chi connectivity index (χ0v) is 12.5. The van der Waals surface area contributed by atoms with Crippen LogP contribution in [-0.4, -0.2) is 64.3 Å². The summed E-state index contributed by atoms with van der Waals surface area (Å²) in [6.07, 6.45) is 0. The first-order valence-corrected chi connectivity index (χ1v) is 7.33. The summed E-state index contributed by atoms with van der Waals surface area (Å²) in [5, 5.41) is 3.29. The molecule has 22 heavy (non-hydrogen) atoms. The molecule has 1 aliphatic rings. The van der Waals surface area contributed by atoms with Crippen molar-refractivity contribution in [3.63, 3.8) is 0 Å². The second kappa shape index (κ2) is 6.42. The standard InChI is InChI=1S/C13H20N6O3/c1-22-7-6-19-11-10(12(20)17-13(19)21)15-9(16-11)8-18-4-2-14-3-5-18/h14H,2-8H2,1H3,(H,15,16)(H,17,20,21).